The Morgan fingerprint density at radius 2 is 2.27 bits per heavy atom. The second-order valence-electron chi connectivity index (χ2n) is 2.54. The highest BCUT2D eigenvalue weighted by molar-refractivity contribution is 8.21. The lowest BCUT2D eigenvalue weighted by Crippen LogP contribution is -1.80. The standard InChI is InChI=1S/C9H14S2/c1-8-4-5-9(11(8)3)6-7-10-2/h4-5H,3,6-7H2,1-2H3. The van der Waals surface area contributed by atoms with E-state index in [1.54, 1.807) is 0 Å². The van der Waals surface area contributed by atoms with Crippen molar-refractivity contribution in [2.45, 2.75) is 13.3 Å². The second kappa shape index (κ2) is 4.17. The van der Waals surface area contributed by atoms with Crippen molar-refractivity contribution >= 4 is 28.1 Å². The molecule has 0 saturated heterocycles. The summed E-state index contributed by atoms with van der Waals surface area (Å²) in [5.41, 5.74) is 0. The third-order valence-corrected chi connectivity index (χ3v) is 4.26. The van der Waals surface area contributed by atoms with E-state index in [2.05, 4.69) is 31.2 Å². The summed E-state index contributed by atoms with van der Waals surface area (Å²) >= 11 is 1.90. The van der Waals surface area contributed by atoms with Gasteiger partial charge in [0.25, 0.3) is 0 Å². The quantitative estimate of drug-likeness (QED) is 0.610. The van der Waals surface area contributed by atoms with Crippen molar-refractivity contribution in [3.8, 4) is 0 Å². The van der Waals surface area contributed by atoms with Crippen LogP contribution < -0.4 is 0 Å². The SMILES string of the molecule is C=S1C(C)=CC=C1CCSC. The highest BCUT2D eigenvalue weighted by Crippen LogP contribution is 2.39. The first-order valence-electron chi connectivity index (χ1n) is 3.66. The van der Waals surface area contributed by atoms with E-state index in [1.807, 2.05) is 11.8 Å². The van der Waals surface area contributed by atoms with Crippen molar-refractivity contribution in [3.63, 3.8) is 0 Å². The lowest BCUT2D eigenvalue weighted by molar-refractivity contribution is 1.23. The Hall–Kier alpha value is 0.0500. The third-order valence-electron chi connectivity index (χ3n) is 1.76. The molecule has 1 rings (SSSR count). The molecule has 0 aromatic heterocycles. The molecule has 0 fully saturated rings. The molecule has 1 unspecified atom stereocenters. The Balaban J connectivity index is 2.46. The van der Waals surface area contributed by atoms with Crippen molar-refractivity contribution in [3.05, 3.63) is 22.0 Å². The van der Waals surface area contributed by atoms with Gasteiger partial charge in [0.15, 0.2) is 0 Å². The molecule has 0 amide bonds. The Labute approximate surface area is 75.7 Å². The van der Waals surface area contributed by atoms with Crippen LogP contribution in [0, 0.1) is 0 Å². The molecule has 0 N–H and O–H groups in total. The normalized spacial score (nSPS) is 23.3. The van der Waals surface area contributed by atoms with Crippen LogP contribution in [-0.4, -0.2) is 17.9 Å². The minimum atomic E-state index is 0.202. The highest BCUT2D eigenvalue weighted by Gasteiger charge is 2.06. The van der Waals surface area contributed by atoms with Crippen LogP contribution in [0.3, 0.4) is 0 Å². The molecule has 2 heteroatoms. The van der Waals surface area contributed by atoms with Crippen LogP contribution >= 0.6 is 22.2 Å². The van der Waals surface area contributed by atoms with Gasteiger partial charge in [0.2, 0.25) is 0 Å². The predicted octanol–water partition coefficient (Wildman–Crippen LogP) is 3.24. The van der Waals surface area contributed by atoms with Gasteiger partial charge in [0, 0.05) is 0 Å². The molecular formula is C9H14S2. The number of hydrogen-bond donors (Lipinski definition) is 0. The summed E-state index contributed by atoms with van der Waals surface area (Å²) in [5, 5.41) is 0. The number of allylic oxidation sites excluding steroid dienone is 4. The zero-order chi connectivity index (χ0) is 8.27. The lowest BCUT2D eigenvalue weighted by atomic mass is 10.4. The molecule has 0 aromatic carbocycles. The maximum Gasteiger partial charge on any atom is -0.00248 e. The summed E-state index contributed by atoms with van der Waals surface area (Å²) in [6, 6.07) is 0. The van der Waals surface area contributed by atoms with Crippen LogP contribution in [0.2, 0.25) is 0 Å². The van der Waals surface area contributed by atoms with E-state index in [9.17, 15) is 0 Å². The Morgan fingerprint density at radius 1 is 1.55 bits per heavy atom. The largest absolute Gasteiger partial charge is 0.165 e. The van der Waals surface area contributed by atoms with E-state index in [0.29, 0.717) is 0 Å². The Kier molecular flexibility index (Phi) is 3.46. The van der Waals surface area contributed by atoms with Crippen molar-refractivity contribution < 1.29 is 0 Å². The van der Waals surface area contributed by atoms with E-state index in [1.165, 1.54) is 22.0 Å². The van der Waals surface area contributed by atoms with Crippen molar-refractivity contribution in [2.75, 3.05) is 12.0 Å². The minimum absolute atomic E-state index is 0.202. The van der Waals surface area contributed by atoms with E-state index < -0.39 is 0 Å². The van der Waals surface area contributed by atoms with Crippen LogP contribution in [0.5, 0.6) is 0 Å². The number of hydrogen-bond acceptors (Lipinski definition) is 1. The Bertz CT molecular complexity index is 224. The number of thioether (sulfide) groups is 1. The van der Waals surface area contributed by atoms with Gasteiger partial charge >= 0.3 is 0 Å². The second-order valence-corrected chi connectivity index (χ2v) is 5.48. The van der Waals surface area contributed by atoms with Crippen LogP contribution in [0.25, 0.3) is 0 Å². The molecule has 0 aliphatic carbocycles. The fourth-order valence-electron chi connectivity index (χ4n) is 0.991. The number of rotatable bonds is 3. The summed E-state index contributed by atoms with van der Waals surface area (Å²) < 4.78 is 0. The first-order valence-corrected chi connectivity index (χ1v) is 6.45. The van der Waals surface area contributed by atoms with Gasteiger partial charge in [0.1, 0.15) is 0 Å². The average Bonchev–Trinajstić information content (AvgIpc) is 2.31. The molecule has 0 nitrogen and oxygen atoms in total. The lowest BCUT2D eigenvalue weighted by Gasteiger charge is -2.05. The molecule has 11 heavy (non-hydrogen) atoms. The zero-order valence-electron chi connectivity index (χ0n) is 7.09. The van der Waals surface area contributed by atoms with Crippen molar-refractivity contribution in [1.29, 1.82) is 0 Å². The maximum atomic E-state index is 4.13. The minimum Gasteiger partial charge on any atom is -0.165 e. The zero-order valence-corrected chi connectivity index (χ0v) is 8.73. The van der Waals surface area contributed by atoms with Gasteiger partial charge in [-0.1, -0.05) is 18.0 Å². The summed E-state index contributed by atoms with van der Waals surface area (Å²) in [5.74, 6) is 5.36. The summed E-state index contributed by atoms with van der Waals surface area (Å²) in [7, 11) is 0.202. The van der Waals surface area contributed by atoms with E-state index in [-0.39, 0.29) is 10.5 Å². The third kappa shape index (κ3) is 2.24. The first kappa shape index (κ1) is 9.14. The topological polar surface area (TPSA) is 0 Å². The van der Waals surface area contributed by atoms with Crippen LogP contribution in [0.4, 0.5) is 0 Å². The van der Waals surface area contributed by atoms with E-state index >= 15 is 0 Å². The molecule has 0 radical (unpaired) electrons. The first-order chi connectivity index (χ1) is 5.25. The van der Waals surface area contributed by atoms with Gasteiger partial charge in [-0.2, -0.15) is 11.8 Å². The molecule has 1 heterocycles. The van der Waals surface area contributed by atoms with Crippen LogP contribution in [0.1, 0.15) is 13.3 Å². The molecule has 1 atom stereocenters. The summed E-state index contributed by atoms with van der Waals surface area (Å²) in [6.45, 7) is 2.17. The van der Waals surface area contributed by atoms with Gasteiger partial charge in [-0.15, -0.1) is 10.5 Å². The van der Waals surface area contributed by atoms with Crippen molar-refractivity contribution in [2.24, 2.45) is 0 Å². The van der Waals surface area contributed by atoms with Crippen molar-refractivity contribution in [1.82, 2.24) is 0 Å². The molecule has 1 aliphatic rings. The maximum absolute atomic E-state index is 4.13. The average molecular weight is 186 g/mol. The molecule has 62 valence electrons. The van der Waals surface area contributed by atoms with Gasteiger partial charge in [-0.3, -0.25) is 0 Å². The fourth-order valence-corrected chi connectivity index (χ4v) is 2.77. The van der Waals surface area contributed by atoms with Gasteiger partial charge < -0.3 is 0 Å². The summed E-state index contributed by atoms with van der Waals surface area (Å²) in [6.07, 6.45) is 7.80. The molecule has 0 spiro atoms. The molecule has 0 bridgehead atoms. The van der Waals surface area contributed by atoms with Gasteiger partial charge in [0.05, 0.1) is 0 Å². The van der Waals surface area contributed by atoms with Crippen LogP contribution in [-0.2, 0) is 0 Å². The smallest absolute Gasteiger partial charge is 0.00248 e. The van der Waals surface area contributed by atoms with E-state index in [0.717, 1.165) is 0 Å². The highest BCUT2D eigenvalue weighted by atomic mass is 32.2. The monoisotopic (exact) mass is 186 g/mol. The molecule has 0 aromatic rings. The van der Waals surface area contributed by atoms with E-state index in [4.69, 9.17) is 0 Å². The van der Waals surface area contributed by atoms with Gasteiger partial charge in [-0.05, 0) is 35.2 Å². The predicted molar refractivity (Wildman–Crippen MR) is 59.6 cm³/mol. The summed E-state index contributed by atoms with van der Waals surface area (Å²) in [4.78, 5) is 2.96. The van der Waals surface area contributed by atoms with Crippen LogP contribution in [0.15, 0.2) is 22.0 Å². The molecular weight excluding hydrogens is 172 g/mol. The molecule has 0 saturated carbocycles. The molecule has 1 aliphatic heterocycles. The Morgan fingerprint density at radius 3 is 2.73 bits per heavy atom. The van der Waals surface area contributed by atoms with Gasteiger partial charge in [-0.25, -0.2) is 0 Å². The fraction of sp³-hybridized carbons (Fsp3) is 0.444.